The van der Waals surface area contributed by atoms with Crippen LogP contribution >= 0.6 is 0 Å². The lowest BCUT2D eigenvalue weighted by Crippen LogP contribution is -2.14. The molecule has 0 aliphatic rings. The lowest BCUT2D eigenvalue weighted by Gasteiger charge is -2.12. The number of aromatic nitrogens is 1. The van der Waals surface area contributed by atoms with Crippen molar-refractivity contribution >= 4 is 15.5 Å². The highest BCUT2D eigenvalue weighted by molar-refractivity contribution is 7.91. The van der Waals surface area contributed by atoms with Crippen LogP contribution in [0.15, 0.2) is 53.7 Å². The summed E-state index contributed by atoms with van der Waals surface area (Å²) < 4.78 is 48.4. The molecule has 2 aromatic rings. The van der Waals surface area contributed by atoms with E-state index < -0.39 is 20.5 Å². The zero-order chi connectivity index (χ0) is 14.6. The molecular formula is C13H12F2N2O2S. The Balaban J connectivity index is 2.25. The number of para-hydroxylation sites is 1. The number of halogens is 2. The van der Waals surface area contributed by atoms with Crippen molar-refractivity contribution in [1.29, 1.82) is 0 Å². The molecule has 1 aromatic carbocycles. The Morgan fingerprint density at radius 1 is 1.10 bits per heavy atom. The second kappa shape index (κ2) is 5.96. The van der Waals surface area contributed by atoms with Crippen LogP contribution < -0.4 is 5.32 Å². The SMILES string of the molecule is O=S(=O)(c1ccccc1NCc1ccncc1)C(F)F. The smallest absolute Gasteiger partial charge is 0.341 e. The number of rotatable bonds is 5. The van der Waals surface area contributed by atoms with Crippen LogP contribution in [-0.2, 0) is 16.4 Å². The molecule has 0 saturated carbocycles. The predicted molar refractivity (Wildman–Crippen MR) is 71.2 cm³/mol. The number of pyridine rings is 1. The second-order valence-electron chi connectivity index (χ2n) is 4.01. The van der Waals surface area contributed by atoms with E-state index in [1.54, 1.807) is 30.6 Å². The first kappa shape index (κ1) is 14.4. The Bertz CT molecular complexity index is 676. The van der Waals surface area contributed by atoms with Gasteiger partial charge in [-0.1, -0.05) is 12.1 Å². The van der Waals surface area contributed by atoms with Crippen molar-refractivity contribution in [3.63, 3.8) is 0 Å². The molecule has 1 N–H and O–H groups in total. The zero-order valence-corrected chi connectivity index (χ0v) is 11.1. The summed E-state index contributed by atoms with van der Waals surface area (Å²) in [6.45, 7) is 0.318. The molecule has 0 saturated heterocycles. The molecule has 0 radical (unpaired) electrons. The van der Waals surface area contributed by atoms with Gasteiger partial charge in [-0.3, -0.25) is 4.98 Å². The van der Waals surface area contributed by atoms with Crippen molar-refractivity contribution < 1.29 is 17.2 Å². The number of hydrogen-bond donors (Lipinski definition) is 1. The average molecular weight is 298 g/mol. The highest BCUT2D eigenvalue weighted by Crippen LogP contribution is 2.26. The van der Waals surface area contributed by atoms with Gasteiger partial charge in [-0.2, -0.15) is 8.78 Å². The maximum absolute atomic E-state index is 12.6. The third kappa shape index (κ3) is 3.11. The quantitative estimate of drug-likeness (QED) is 0.922. The summed E-state index contributed by atoms with van der Waals surface area (Å²) in [6.07, 6.45) is 3.19. The number of nitrogens with one attached hydrogen (secondary N) is 1. The van der Waals surface area contributed by atoms with Crippen molar-refractivity contribution in [2.24, 2.45) is 0 Å². The molecule has 0 aliphatic carbocycles. The third-order valence-corrected chi connectivity index (χ3v) is 4.10. The summed E-state index contributed by atoms with van der Waals surface area (Å²) in [4.78, 5) is 3.46. The number of alkyl halides is 2. The van der Waals surface area contributed by atoms with Gasteiger partial charge in [-0.25, -0.2) is 8.42 Å². The number of benzene rings is 1. The minimum Gasteiger partial charge on any atom is -0.380 e. The van der Waals surface area contributed by atoms with Gasteiger partial charge in [0, 0.05) is 18.9 Å². The van der Waals surface area contributed by atoms with Gasteiger partial charge < -0.3 is 5.32 Å². The minimum absolute atomic E-state index is 0.157. The van der Waals surface area contributed by atoms with Gasteiger partial charge in [0.15, 0.2) is 0 Å². The zero-order valence-electron chi connectivity index (χ0n) is 10.3. The Hall–Kier alpha value is -2.02. The fraction of sp³-hybridized carbons (Fsp3) is 0.154. The number of sulfone groups is 1. The Morgan fingerprint density at radius 2 is 1.75 bits per heavy atom. The van der Waals surface area contributed by atoms with Crippen LogP contribution in [0.3, 0.4) is 0 Å². The summed E-state index contributed by atoms with van der Waals surface area (Å²) in [5.41, 5.74) is 1.02. The van der Waals surface area contributed by atoms with Crippen LogP contribution in [0.2, 0.25) is 0 Å². The van der Waals surface area contributed by atoms with Gasteiger partial charge in [0.1, 0.15) is 0 Å². The first-order chi connectivity index (χ1) is 9.51. The minimum atomic E-state index is -4.62. The molecule has 4 nitrogen and oxygen atoms in total. The Kier molecular flexibility index (Phi) is 4.29. The number of nitrogens with zero attached hydrogens (tertiary/aromatic N) is 1. The first-order valence-corrected chi connectivity index (χ1v) is 7.30. The molecule has 1 heterocycles. The summed E-state index contributed by atoms with van der Waals surface area (Å²) in [7, 11) is -4.62. The molecule has 7 heteroatoms. The highest BCUT2D eigenvalue weighted by atomic mass is 32.2. The van der Waals surface area contributed by atoms with E-state index in [1.807, 2.05) is 0 Å². The second-order valence-corrected chi connectivity index (χ2v) is 5.90. The lowest BCUT2D eigenvalue weighted by molar-refractivity contribution is 0.235. The Labute approximate surface area is 115 Å². The fourth-order valence-electron chi connectivity index (χ4n) is 1.65. The van der Waals surface area contributed by atoms with Crippen molar-refractivity contribution in [1.82, 2.24) is 4.98 Å². The van der Waals surface area contributed by atoms with Gasteiger partial charge in [-0.05, 0) is 29.8 Å². The molecule has 2 rings (SSSR count). The van der Waals surface area contributed by atoms with Crippen molar-refractivity contribution in [2.45, 2.75) is 17.2 Å². The summed E-state index contributed by atoms with van der Waals surface area (Å²) in [6, 6.07) is 9.10. The van der Waals surface area contributed by atoms with Crippen LogP contribution in [0.5, 0.6) is 0 Å². The normalized spacial score (nSPS) is 11.6. The molecule has 0 spiro atoms. The lowest BCUT2D eigenvalue weighted by atomic mass is 10.2. The van der Waals surface area contributed by atoms with Crippen LogP contribution in [0.25, 0.3) is 0 Å². The molecule has 0 bridgehead atoms. The van der Waals surface area contributed by atoms with Crippen molar-refractivity contribution in [2.75, 3.05) is 5.32 Å². The van der Waals surface area contributed by atoms with Gasteiger partial charge >= 0.3 is 5.76 Å². The highest BCUT2D eigenvalue weighted by Gasteiger charge is 2.28. The number of anilines is 1. The van der Waals surface area contributed by atoms with Gasteiger partial charge in [-0.15, -0.1) is 0 Å². The first-order valence-electron chi connectivity index (χ1n) is 5.75. The third-order valence-electron chi connectivity index (χ3n) is 2.66. The van der Waals surface area contributed by atoms with Crippen LogP contribution in [0, 0.1) is 0 Å². The Morgan fingerprint density at radius 3 is 2.40 bits per heavy atom. The fourth-order valence-corrected chi connectivity index (χ4v) is 2.56. The van der Waals surface area contributed by atoms with E-state index in [4.69, 9.17) is 0 Å². The van der Waals surface area contributed by atoms with Crippen molar-refractivity contribution in [3.05, 3.63) is 54.4 Å². The van der Waals surface area contributed by atoms with Gasteiger partial charge in [0.2, 0.25) is 9.84 Å². The van der Waals surface area contributed by atoms with Gasteiger partial charge in [0.05, 0.1) is 10.6 Å². The molecule has 0 amide bonds. The van der Waals surface area contributed by atoms with Crippen LogP contribution in [0.4, 0.5) is 14.5 Å². The molecule has 0 unspecified atom stereocenters. The van der Waals surface area contributed by atoms with Gasteiger partial charge in [0.25, 0.3) is 0 Å². The van der Waals surface area contributed by atoms with Crippen LogP contribution in [0.1, 0.15) is 5.56 Å². The monoisotopic (exact) mass is 298 g/mol. The van der Waals surface area contributed by atoms with Crippen molar-refractivity contribution in [3.8, 4) is 0 Å². The number of hydrogen-bond acceptors (Lipinski definition) is 4. The van der Waals surface area contributed by atoms with E-state index >= 15 is 0 Å². The predicted octanol–water partition coefficient (Wildman–Crippen LogP) is 2.69. The average Bonchev–Trinajstić information content (AvgIpc) is 2.46. The summed E-state index contributed by atoms with van der Waals surface area (Å²) in [5.74, 6) is -3.44. The van der Waals surface area contributed by atoms with E-state index in [0.717, 1.165) is 11.6 Å². The largest absolute Gasteiger partial charge is 0.380 e. The maximum atomic E-state index is 12.6. The topological polar surface area (TPSA) is 59.1 Å². The van der Waals surface area contributed by atoms with Crippen LogP contribution in [-0.4, -0.2) is 19.2 Å². The molecule has 106 valence electrons. The van der Waals surface area contributed by atoms with E-state index in [2.05, 4.69) is 10.3 Å². The van der Waals surface area contributed by atoms with E-state index in [0.29, 0.717) is 6.54 Å². The summed E-state index contributed by atoms with van der Waals surface area (Å²) in [5, 5.41) is 2.85. The standard InChI is InChI=1S/C13H12F2N2O2S/c14-13(15)20(18,19)12-4-2-1-3-11(12)17-9-10-5-7-16-8-6-10/h1-8,13,17H,9H2. The van der Waals surface area contributed by atoms with E-state index in [1.165, 1.54) is 12.1 Å². The van der Waals surface area contributed by atoms with E-state index in [-0.39, 0.29) is 5.69 Å². The molecule has 1 aromatic heterocycles. The van der Waals surface area contributed by atoms with E-state index in [9.17, 15) is 17.2 Å². The molecule has 0 atom stereocenters. The molecular weight excluding hydrogens is 286 g/mol. The molecule has 20 heavy (non-hydrogen) atoms. The maximum Gasteiger partial charge on any atom is 0.341 e. The molecule has 0 aliphatic heterocycles. The molecule has 0 fully saturated rings. The summed E-state index contributed by atoms with van der Waals surface area (Å²) >= 11 is 0.